The Morgan fingerprint density at radius 3 is 2.37 bits per heavy atom. The molecule has 1 aliphatic rings. The minimum Gasteiger partial charge on any atom is -0.550 e. The van der Waals surface area contributed by atoms with E-state index in [-0.39, 0.29) is 5.91 Å². The Balaban J connectivity index is 1.93. The van der Waals surface area contributed by atoms with Crippen molar-refractivity contribution in [3.8, 4) is 0 Å². The van der Waals surface area contributed by atoms with Gasteiger partial charge in [-0.1, -0.05) is 43.2 Å². The number of aliphatic carboxylic acids is 1. The van der Waals surface area contributed by atoms with Gasteiger partial charge in [0, 0.05) is 24.3 Å². The molecule has 1 aliphatic carbocycles. The number of carbonyl (C=O) groups excluding carboxylic acids is 2. The largest absolute Gasteiger partial charge is 0.550 e. The maximum atomic E-state index is 12.1. The summed E-state index contributed by atoms with van der Waals surface area (Å²) >= 11 is 0. The lowest BCUT2D eigenvalue weighted by atomic mass is 9.78. The molecule has 0 aromatic heterocycles. The number of rotatable bonds is 4. The third-order valence-electron chi connectivity index (χ3n) is 3.72. The second kappa shape index (κ2) is 6.36. The number of benzene rings is 1. The Kier molecular flexibility index (Phi) is 4.55. The molecule has 1 aromatic carbocycles. The predicted molar refractivity (Wildman–Crippen MR) is 68.7 cm³/mol. The first-order chi connectivity index (χ1) is 9.18. The molecular formula is C15H18NO3-. The molecule has 0 unspecified atom stereocenters. The molecule has 0 spiro atoms. The molecule has 1 N–H and O–H groups in total. The highest BCUT2D eigenvalue weighted by atomic mass is 16.4. The van der Waals surface area contributed by atoms with E-state index < -0.39 is 17.8 Å². The molecule has 2 rings (SSSR count). The lowest BCUT2D eigenvalue weighted by Crippen LogP contribution is -2.44. The average Bonchev–Trinajstić information content (AvgIpc) is 2.46. The molecule has 0 saturated heterocycles. The lowest BCUT2D eigenvalue weighted by molar-refractivity contribution is -0.314. The minimum atomic E-state index is -1.10. The van der Waals surface area contributed by atoms with Gasteiger partial charge in [0.1, 0.15) is 0 Å². The van der Waals surface area contributed by atoms with Crippen molar-refractivity contribution in [1.29, 1.82) is 0 Å². The lowest BCUT2D eigenvalue weighted by Gasteiger charge is -2.31. The first-order valence-corrected chi connectivity index (χ1v) is 6.71. The summed E-state index contributed by atoms with van der Waals surface area (Å²) in [6, 6.07) is 9.59. The topological polar surface area (TPSA) is 69.2 Å². The molecule has 1 aromatic rings. The van der Waals surface area contributed by atoms with E-state index >= 15 is 0 Å². The van der Waals surface area contributed by atoms with Crippen LogP contribution in [0.1, 0.15) is 31.2 Å². The van der Waals surface area contributed by atoms with Gasteiger partial charge in [-0.05, 0) is 18.4 Å². The molecule has 1 saturated carbocycles. The molecule has 0 radical (unpaired) electrons. The van der Waals surface area contributed by atoms with Crippen LogP contribution in [0, 0.1) is 11.8 Å². The Labute approximate surface area is 112 Å². The van der Waals surface area contributed by atoms with E-state index in [9.17, 15) is 14.7 Å². The number of amides is 1. The van der Waals surface area contributed by atoms with E-state index in [1.54, 1.807) is 0 Å². The van der Waals surface area contributed by atoms with E-state index in [0.29, 0.717) is 19.4 Å². The van der Waals surface area contributed by atoms with Gasteiger partial charge < -0.3 is 15.2 Å². The highest BCUT2D eigenvalue weighted by molar-refractivity contribution is 5.84. The fourth-order valence-electron chi connectivity index (χ4n) is 2.64. The van der Waals surface area contributed by atoms with Crippen LogP contribution in [0.2, 0.25) is 0 Å². The molecule has 102 valence electrons. The van der Waals surface area contributed by atoms with Crippen LogP contribution in [0.25, 0.3) is 0 Å². The average molecular weight is 260 g/mol. The molecule has 4 nitrogen and oxygen atoms in total. The second-order valence-electron chi connectivity index (χ2n) is 5.02. The van der Waals surface area contributed by atoms with E-state index in [4.69, 9.17) is 0 Å². The van der Waals surface area contributed by atoms with Crippen LogP contribution in [0.5, 0.6) is 0 Å². The van der Waals surface area contributed by atoms with Crippen molar-refractivity contribution in [2.45, 2.75) is 32.2 Å². The van der Waals surface area contributed by atoms with Crippen molar-refractivity contribution < 1.29 is 14.7 Å². The molecule has 4 heteroatoms. The Morgan fingerprint density at radius 2 is 1.74 bits per heavy atom. The van der Waals surface area contributed by atoms with Crippen LogP contribution in [-0.4, -0.2) is 11.9 Å². The molecule has 0 aliphatic heterocycles. The molecule has 1 amide bonds. The van der Waals surface area contributed by atoms with Gasteiger partial charge in [-0.25, -0.2) is 0 Å². The quantitative estimate of drug-likeness (QED) is 0.873. The fraction of sp³-hybridized carbons (Fsp3) is 0.467. The molecule has 2 atom stereocenters. The molecule has 19 heavy (non-hydrogen) atoms. The van der Waals surface area contributed by atoms with Gasteiger partial charge in [-0.2, -0.15) is 0 Å². The van der Waals surface area contributed by atoms with E-state index in [1.165, 1.54) is 0 Å². The van der Waals surface area contributed by atoms with Gasteiger partial charge in [0.15, 0.2) is 0 Å². The summed E-state index contributed by atoms with van der Waals surface area (Å²) in [4.78, 5) is 23.1. The molecular weight excluding hydrogens is 242 g/mol. The normalized spacial score (nSPS) is 22.7. The monoisotopic (exact) mass is 260 g/mol. The Morgan fingerprint density at radius 1 is 1.11 bits per heavy atom. The van der Waals surface area contributed by atoms with Crippen LogP contribution >= 0.6 is 0 Å². The van der Waals surface area contributed by atoms with Crippen LogP contribution in [0.3, 0.4) is 0 Å². The first-order valence-electron chi connectivity index (χ1n) is 6.71. The standard InChI is InChI=1S/C15H19NO3/c17-14(16-10-11-6-2-1-3-7-11)12-8-4-5-9-13(12)15(18)19/h1-3,6-7,12-13H,4-5,8-10H2,(H,16,17)(H,18,19)/p-1/t12-,13-/m1/s1. The van der Waals surface area contributed by atoms with Gasteiger partial charge in [-0.3, -0.25) is 4.79 Å². The highest BCUT2D eigenvalue weighted by Crippen LogP contribution is 2.29. The summed E-state index contributed by atoms with van der Waals surface area (Å²) in [5.74, 6) is -2.34. The van der Waals surface area contributed by atoms with Crippen LogP contribution in [0.4, 0.5) is 0 Å². The van der Waals surface area contributed by atoms with Crippen LogP contribution in [-0.2, 0) is 16.1 Å². The zero-order valence-corrected chi connectivity index (χ0v) is 10.8. The zero-order chi connectivity index (χ0) is 13.7. The van der Waals surface area contributed by atoms with Crippen molar-refractivity contribution in [2.75, 3.05) is 0 Å². The van der Waals surface area contributed by atoms with E-state index in [1.807, 2.05) is 30.3 Å². The summed E-state index contributed by atoms with van der Waals surface area (Å²) < 4.78 is 0. The number of carboxylic acids is 1. The number of hydrogen-bond acceptors (Lipinski definition) is 3. The number of carboxylic acid groups (broad SMARTS) is 1. The number of carbonyl (C=O) groups is 2. The van der Waals surface area contributed by atoms with Crippen molar-refractivity contribution in [3.05, 3.63) is 35.9 Å². The van der Waals surface area contributed by atoms with Crippen molar-refractivity contribution in [2.24, 2.45) is 11.8 Å². The van der Waals surface area contributed by atoms with E-state index in [0.717, 1.165) is 18.4 Å². The van der Waals surface area contributed by atoms with Gasteiger partial charge in [-0.15, -0.1) is 0 Å². The van der Waals surface area contributed by atoms with Crippen LogP contribution < -0.4 is 10.4 Å². The van der Waals surface area contributed by atoms with Crippen molar-refractivity contribution in [3.63, 3.8) is 0 Å². The van der Waals surface area contributed by atoms with Gasteiger partial charge >= 0.3 is 0 Å². The Bertz CT molecular complexity index is 444. The van der Waals surface area contributed by atoms with Gasteiger partial charge in [0.05, 0.1) is 0 Å². The Hall–Kier alpha value is -1.84. The number of hydrogen-bond donors (Lipinski definition) is 1. The maximum absolute atomic E-state index is 12.1. The fourth-order valence-corrected chi connectivity index (χ4v) is 2.64. The smallest absolute Gasteiger partial charge is 0.224 e. The summed E-state index contributed by atoms with van der Waals surface area (Å²) in [5.41, 5.74) is 1.01. The van der Waals surface area contributed by atoms with Crippen LogP contribution in [0.15, 0.2) is 30.3 Å². The maximum Gasteiger partial charge on any atom is 0.224 e. The third kappa shape index (κ3) is 3.56. The van der Waals surface area contributed by atoms with E-state index in [2.05, 4.69) is 5.32 Å². The summed E-state index contributed by atoms with van der Waals surface area (Å²) in [5, 5.41) is 13.9. The third-order valence-corrected chi connectivity index (χ3v) is 3.72. The molecule has 0 bridgehead atoms. The second-order valence-corrected chi connectivity index (χ2v) is 5.02. The predicted octanol–water partition coefficient (Wildman–Crippen LogP) is 0.859. The van der Waals surface area contributed by atoms with Gasteiger partial charge in [0.2, 0.25) is 5.91 Å². The van der Waals surface area contributed by atoms with Gasteiger partial charge in [0.25, 0.3) is 0 Å². The molecule has 0 heterocycles. The highest BCUT2D eigenvalue weighted by Gasteiger charge is 2.31. The first kappa shape index (κ1) is 13.6. The SMILES string of the molecule is O=C([O-])[C@@H]1CCCC[C@H]1C(=O)NCc1ccccc1. The zero-order valence-electron chi connectivity index (χ0n) is 10.8. The summed E-state index contributed by atoms with van der Waals surface area (Å²) in [6.45, 7) is 0.440. The molecule has 1 fully saturated rings. The summed E-state index contributed by atoms with van der Waals surface area (Å²) in [6.07, 6.45) is 2.96. The summed E-state index contributed by atoms with van der Waals surface area (Å²) in [7, 11) is 0. The minimum absolute atomic E-state index is 0.169. The van der Waals surface area contributed by atoms with Crippen molar-refractivity contribution in [1.82, 2.24) is 5.32 Å². The number of nitrogens with one attached hydrogen (secondary N) is 1. The van der Waals surface area contributed by atoms with Crippen molar-refractivity contribution >= 4 is 11.9 Å².